The first-order valence-corrected chi connectivity index (χ1v) is 11.5. The van der Waals surface area contributed by atoms with Gasteiger partial charge in [0.2, 0.25) is 0 Å². The zero-order valence-corrected chi connectivity index (χ0v) is 17.6. The summed E-state index contributed by atoms with van der Waals surface area (Å²) in [7, 11) is 1.80. The van der Waals surface area contributed by atoms with E-state index in [9.17, 15) is 9.35 Å². The standard InChI is InChI=1S/C24H26N2O2S/c1-26-14-13-19-11-12-22(25-29(2)28)21(23(19)24(26)27)16-17-7-6-10-20(15-17)18-8-4-3-5-9-18/h3-10,13-15,21-22,25H,11-12,16H2,1-2H3. The highest BCUT2D eigenvalue weighted by Gasteiger charge is 2.34. The predicted octanol–water partition coefficient (Wildman–Crippen LogP) is 3.58. The van der Waals surface area contributed by atoms with Crippen LogP contribution in [-0.4, -0.2) is 21.4 Å². The third-order valence-electron chi connectivity index (χ3n) is 5.78. The van der Waals surface area contributed by atoms with Crippen molar-refractivity contribution in [1.29, 1.82) is 0 Å². The molecule has 0 saturated carbocycles. The number of benzene rings is 2. The van der Waals surface area contributed by atoms with E-state index in [0.29, 0.717) is 0 Å². The van der Waals surface area contributed by atoms with Gasteiger partial charge in [0.25, 0.3) is 5.56 Å². The Labute approximate surface area is 174 Å². The Morgan fingerprint density at radius 1 is 1.10 bits per heavy atom. The fourth-order valence-corrected chi connectivity index (χ4v) is 5.08. The Bertz CT molecular complexity index is 1050. The van der Waals surface area contributed by atoms with Crippen LogP contribution in [0, 0.1) is 0 Å². The zero-order valence-electron chi connectivity index (χ0n) is 16.8. The first-order valence-electron chi connectivity index (χ1n) is 9.95. The van der Waals surface area contributed by atoms with Crippen LogP contribution < -0.4 is 10.3 Å². The first-order chi connectivity index (χ1) is 14.0. The summed E-state index contributed by atoms with van der Waals surface area (Å²) in [5.41, 5.74) is 5.58. The SMILES string of the molecule is Cn1ccc2c(c1=O)C(Cc1cccc(-c3ccccc3)c1)C(N[S+](C)[O-])CC2. The number of aryl methyl sites for hydroxylation is 2. The van der Waals surface area contributed by atoms with E-state index in [4.69, 9.17) is 0 Å². The lowest BCUT2D eigenvalue weighted by Gasteiger charge is -2.33. The van der Waals surface area contributed by atoms with E-state index >= 15 is 0 Å². The molecule has 1 aromatic heterocycles. The monoisotopic (exact) mass is 406 g/mol. The van der Waals surface area contributed by atoms with Gasteiger partial charge in [-0.3, -0.25) is 4.79 Å². The topological polar surface area (TPSA) is 57.1 Å². The average Bonchev–Trinajstić information content (AvgIpc) is 2.73. The second kappa shape index (κ2) is 8.57. The first kappa shape index (κ1) is 20.0. The molecule has 29 heavy (non-hydrogen) atoms. The van der Waals surface area contributed by atoms with Gasteiger partial charge < -0.3 is 9.12 Å². The van der Waals surface area contributed by atoms with E-state index in [1.165, 1.54) is 16.7 Å². The smallest absolute Gasteiger partial charge is 0.254 e. The van der Waals surface area contributed by atoms with Gasteiger partial charge in [-0.15, -0.1) is 4.72 Å². The third kappa shape index (κ3) is 4.32. The van der Waals surface area contributed by atoms with Crippen molar-refractivity contribution in [2.45, 2.75) is 31.2 Å². The molecule has 0 bridgehead atoms. The quantitative estimate of drug-likeness (QED) is 0.659. The van der Waals surface area contributed by atoms with Crippen molar-refractivity contribution in [3.63, 3.8) is 0 Å². The summed E-state index contributed by atoms with van der Waals surface area (Å²) >= 11 is -1.12. The number of hydrogen-bond donors (Lipinski definition) is 1. The van der Waals surface area contributed by atoms with E-state index in [2.05, 4.69) is 47.2 Å². The maximum atomic E-state index is 13.0. The van der Waals surface area contributed by atoms with Crippen LogP contribution in [0.1, 0.15) is 29.0 Å². The number of hydrogen-bond acceptors (Lipinski definition) is 3. The normalized spacial score (nSPS) is 19.6. The van der Waals surface area contributed by atoms with Crippen LogP contribution in [0.3, 0.4) is 0 Å². The minimum Gasteiger partial charge on any atom is -0.598 e. The van der Waals surface area contributed by atoms with Crippen molar-refractivity contribution in [2.75, 3.05) is 6.26 Å². The second-order valence-corrected chi connectivity index (χ2v) is 8.91. The molecule has 0 aliphatic heterocycles. The Balaban J connectivity index is 1.72. The minimum absolute atomic E-state index is 0.00595. The van der Waals surface area contributed by atoms with Crippen LogP contribution in [0.2, 0.25) is 0 Å². The second-order valence-electron chi connectivity index (χ2n) is 7.76. The molecule has 150 valence electrons. The fraction of sp³-hybridized carbons (Fsp3) is 0.292. The molecule has 2 aromatic carbocycles. The van der Waals surface area contributed by atoms with E-state index in [0.717, 1.165) is 30.4 Å². The van der Waals surface area contributed by atoms with Gasteiger partial charge in [0.15, 0.2) is 0 Å². The number of rotatable bonds is 5. The Kier molecular flexibility index (Phi) is 5.90. The van der Waals surface area contributed by atoms with Crippen LogP contribution in [0.25, 0.3) is 11.1 Å². The van der Waals surface area contributed by atoms with Crippen molar-refractivity contribution in [3.05, 3.63) is 93.9 Å². The summed E-state index contributed by atoms with van der Waals surface area (Å²) in [4.78, 5) is 13.0. The molecule has 1 aliphatic carbocycles. The average molecular weight is 407 g/mol. The molecular formula is C24H26N2O2S. The van der Waals surface area contributed by atoms with Gasteiger partial charge in [-0.1, -0.05) is 54.6 Å². The molecule has 0 spiro atoms. The molecule has 0 radical (unpaired) electrons. The molecule has 0 fully saturated rings. The van der Waals surface area contributed by atoms with Gasteiger partial charge >= 0.3 is 0 Å². The molecule has 5 heteroatoms. The van der Waals surface area contributed by atoms with Crippen molar-refractivity contribution >= 4 is 11.4 Å². The summed E-state index contributed by atoms with van der Waals surface area (Å²) < 4.78 is 16.8. The Morgan fingerprint density at radius 3 is 2.62 bits per heavy atom. The number of nitrogens with zero attached hydrogens (tertiary/aromatic N) is 1. The number of nitrogens with one attached hydrogen (secondary N) is 1. The van der Waals surface area contributed by atoms with Crippen LogP contribution in [-0.2, 0) is 31.3 Å². The highest BCUT2D eigenvalue weighted by Crippen LogP contribution is 2.33. The molecule has 1 aliphatic rings. The Morgan fingerprint density at radius 2 is 1.86 bits per heavy atom. The summed E-state index contributed by atoms with van der Waals surface area (Å²) in [6, 6.07) is 20.9. The van der Waals surface area contributed by atoms with Gasteiger partial charge in [-0.05, 0) is 47.6 Å². The summed E-state index contributed by atoms with van der Waals surface area (Å²) in [5, 5.41) is 0. The number of pyridine rings is 1. The van der Waals surface area contributed by atoms with E-state index < -0.39 is 11.4 Å². The molecule has 4 rings (SSSR count). The lowest BCUT2D eigenvalue weighted by molar-refractivity contribution is 0.425. The lowest BCUT2D eigenvalue weighted by Crippen LogP contribution is -2.45. The predicted molar refractivity (Wildman–Crippen MR) is 119 cm³/mol. The van der Waals surface area contributed by atoms with E-state index in [1.807, 2.05) is 24.4 Å². The minimum atomic E-state index is -1.12. The summed E-state index contributed by atoms with van der Waals surface area (Å²) in [5.74, 6) is -0.00595. The molecule has 0 amide bonds. The molecule has 4 nitrogen and oxygen atoms in total. The molecule has 3 unspecified atom stereocenters. The van der Waals surface area contributed by atoms with Crippen molar-refractivity contribution in [2.24, 2.45) is 7.05 Å². The van der Waals surface area contributed by atoms with E-state index in [1.54, 1.807) is 17.9 Å². The summed E-state index contributed by atoms with van der Waals surface area (Å²) in [6.45, 7) is 0. The van der Waals surface area contributed by atoms with Crippen LogP contribution in [0.5, 0.6) is 0 Å². The number of fused-ring (bicyclic) bond motifs is 1. The number of aromatic nitrogens is 1. The maximum Gasteiger partial charge on any atom is 0.254 e. The molecule has 3 atom stereocenters. The lowest BCUT2D eigenvalue weighted by atomic mass is 9.77. The summed E-state index contributed by atoms with van der Waals surface area (Å²) in [6.07, 6.45) is 5.96. The van der Waals surface area contributed by atoms with Crippen molar-refractivity contribution < 1.29 is 4.55 Å². The molecule has 1 heterocycles. The van der Waals surface area contributed by atoms with Crippen molar-refractivity contribution in [1.82, 2.24) is 9.29 Å². The van der Waals surface area contributed by atoms with Gasteiger partial charge in [0.05, 0.1) is 6.04 Å². The largest absolute Gasteiger partial charge is 0.598 e. The van der Waals surface area contributed by atoms with Crippen molar-refractivity contribution in [3.8, 4) is 11.1 Å². The van der Waals surface area contributed by atoms with Crippen LogP contribution in [0.15, 0.2) is 71.7 Å². The van der Waals surface area contributed by atoms with Crippen LogP contribution >= 0.6 is 0 Å². The highest BCUT2D eigenvalue weighted by molar-refractivity contribution is 7.88. The van der Waals surface area contributed by atoms with Crippen LogP contribution in [0.4, 0.5) is 0 Å². The maximum absolute atomic E-state index is 13.0. The van der Waals surface area contributed by atoms with E-state index in [-0.39, 0.29) is 17.5 Å². The molecule has 0 saturated heterocycles. The third-order valence-corrected chi connectivity index (χ3v) is 6.42. The fourth-order valence-electron chi connectivity index (χ4n) is 4.38. The van der Waals surface area contributed by atoms with Gasteiger partial charge in [-0.25, -0.2) is 0 Å². The zero-order chi connectivity index (χ0) is 20.4. The Hall–Kier alpha value is -2.34. The molecule has 1 N–H and O–H groups in total. The highest BCUT2D eigenvalue weighted by atomic mass is 32.2. The molecular weight excluding hydrogens is 380 g/mol. The van der Waals surface area contributed by atoms with Gasteiger partial charge in [0.1, 0.15) is 6.26 Å². The van der Waals surface area contributed by atoms with Gasteiger partial charge in [0, 0.05) is 36.1 Å². The molecule has 3 aromatic rings. The van der Waals surface area contributed by atoms with Gasteiger partial charge in [-0.2, -0.15) is 0 Å².